The lowest BCUT2D eigenvalue weighted by molar-refractivity contribution is 0.597. The van der Waals surface area contributed by atoms with Gasteiger partial charge in [-0.25, -0.2) is 4.98 Å². The SMILES string of the molecule is Nc1cnc(-c2ccc(-c3ccccc3[S+](N)[O-])cc2)cn1. The number of rotatable bonds is 3. The van der Waals surface area contributed by atoms with E-state index in [2.05, 4.69) is 9.97 Å². The van der Waals surface area contributed by atoms with Crippen molar-refractivity contribution in [2.75, 3.05) is 5.73 Å². The molecular formula is C16H14N4OS. The first-order valence-electron chi connectivity index (χ1n) is 6.58. The minimum Gasteiger partial charge on any atom is -0.593 e. The van der Waals surface area contributed by atoms with Crippen LogP contribution in [0.4, 0.5) is 5.82 Å². The van der Waals surface area contributed by atoms with E-state index >= 15 is 0 Å². The Morgan fingerprint density at radius 3 is 2.18 bits per heavy atom. The summed E-state index contributed by atoms with van der Waals surface area (Å²) in [5, 5.41) is 5.53. The molecule has 0 spiro atoms. The van der Waals surface area contributed by atoms with Crippen LogP contribution < -0.4 is 10.9 Å². The Balaban J connectivity index is 1.97. The maximum absolute atomic E-state index is 11.6. The molecule has 0 aliphatic rings. The molecular weight excluding hydrogens is 296 g/mol. The molecule has 6 heteroatoms. The number of nitrogens with zero attached hydrogens (tertiary/aromatic N) is 2. The summed E-state index contributed by atoms with van der Waals surface area (Å²) in [6.07, 6.45) is 3.16. The number of hydrogen-bond acceptors (Lipinski definition) is 5. The van der Waals surface area contributed by atoms with Crippen LogP contribution in [0.25, 0.3) is 22.4 Å². The number of benzene rings is 2. The Morgan fingerprint density at radius 1 is 0.864 bits per heavy atom. The first kappa shape index (κ1) is 14.5. The molecule has 5 nitrogen and oxygen atoms in total. The van der Waals surface area contributed by atoms with Crippen LogP contribution in [0, 0.1) is 0 Å². The van der Waals surface area contributed by atoms with Crippen molar-refractivity contribution < 1.29 is 4.55 Å². The zero-order valence-electron chi connectivity index (χ0n) is 11.6. The van der Waals surface area contributed by atoms with E-state index in [1.54, 1.807) is 12.3 Å². The van der Waals surface area contributed by atoms with Crippen LogP contribution in [0.2, 0.25) is 0 Å². The molecule has 1 heterocycles. The van der Waals surface area contributed by atoms with Gasteiger partial charge in [0.1, 0.15) is 5.82 Å². The smallest absolute Gasteiger partial charge is 0.181 e. The topological polar surface area (TPSA) is 101 Å². The van der Waals surface area contributed by atoms with Crippen molar-refractivity contribution in [3.63, 3.8) is 0 Å². The van der Waals surface area contributed by atoms with Crippen molar-refractivity contribution in [2.45, 2.75) is 4.90 Å². The minimum absolute atomic E-state index is 0.389. The second kappa shape index (κ2) is 6.15. The average Bonchev–Trinajstić information content (AvgIpc) is 2.56. The largest absolute Gasteiger partial charge is 0.593 e. The van der Waals surface area contributed by atoms with E-state index < -0.39 is 11.4 Å². The lowest BCUT2D eigenvalue weighted by Gasteiger charge is -2.09. The third-order valence-electron chi connectivity index (χ3n) is 3.27. The molecule has 0 fully saturated rings. The summed E-state index contributed by atoms with van der Waals surface area (Å²) < 4.78 is 11.6. The highest BCUT2D eigenvalue weighted by Gasteiger charge is 2.13. The zero-order valence-corrected chi connectivity index (χ0v) is 12.5. The standard InChI is InChI=1S/C16H14N4OS/c17-16-10-19-14(9-20-16)12-7-5-11(6-8-12)13-3-1-2-4-15(13)22(18)21/h1-10H,18H2,(H2,17,20). The number of aromatic nitrogens is 2. The van der Waals surface area contributed by atoms with Gasteiger partial charge in [0.2, 0.25) is 0 Å². The summed E-state index contributed by atoms with van der Waals surface area (Å²) in [5.41, 5.74) is 9.02. The highest BCUT2D eigenvalue weighted by Crippen LogP contribution is 2.28. The van der Waals surface area contributed by atoms with Crippen LogP contribution >= 0.6 is 0 Å². The van der Waals surface area contributed by atoms with Gasteiger partial charge < -0.3 is 10.3 Å². The Kier molecular flexibility index (Phi) is 4.06. The summed E-state index contributed by atoms with van der Waals surface area (Å²) in [7, 11) is 0. The molecule has 0 aliphatic carbocycles. The van der Waals surface area contributed by atoms with Gasteiger partial charge in [-0.1, -0.05) is 36.4 Å². The van der Waals surface area contributed by atoms with E-state index in [4.69, 9.17) is 10.9 Å². The van der Waals surface area contributed by atoms with Crippen molar-refractivity contribution in [1.29, 1.82) is 0 Å². The first-order valence-corrected chi connectivity index (χ1v) is 7.80. The second-order valence-electron chi connectivity index (χ2n) is 4.70. The quantitative estimate of drug-likeness (QED) is 0.723. The molecule has 3 aromatic rings. The minimum atomic E-state index is -1.52. The number of nitrogen functional groups attached to an aromatic ring is 1. The molecule has 0 radical (unpaired) electrons. The molecule has 0 aliphatic heterocycles. The van der Waals surface area contributed by atoms with E-state index in [-0.39, 0.29) is 0 Å². The van der Waals surface area contributed by atoms with E-state index in [1.807, 2.05) is 42.5 Å². The highest BCUT2D eigenvalue weighted by atomic mass is 32.2. The molecule has 0 saturated carbocycles. The van der Waals surface area contributed by atoms with Crippen LogP contribution in [-0.4, -0.2) is 14.5 Å². The van der Waals surface area contributed by atoms with Crippen LogP contribution in [-0.2, 0) is 11.4 Å². The van der Waals surface area contributed by atoms with Crippen molar-refractivity contribution in [3.8, 4) is 22.4 Å². The molecule has 0 saturated heterocycles. The normalized spacial score (nSPS) is 12.1. The third-order valence-corrected chi connectivity index (χ3v) is 4.06. The number of hydrogen-bond donors (Lipinski definition) is 2. The Hall–Kier alpha value is -2.41. The molecule has 1 aromatic heterocycles. The lowest BCUT2D eigenvalue weighted by atomic mass is 10.0. The molecule has 22 heavy (non-hydrogen) atoms. The van der Waals surface area contributed by atoms with Gasteiger partial charge in [0.25, 0.3) is 0 Å². The third kappa shape index (κ3) is 2.94. The van der Waals surface area contributed by atoms with Gasteiger partial charge >= 0.3 is 0 Å². The van der Waals surface area contributed by atoms with Gasteiger partial charge in [-0.2, -0.15) is 0 Å². The van der Waals surface area contributed by atoms with Gasteiger partial charge in [-0.3, -0.25) is 4.98 Å². The van der Waals surface area contributed by atoms with Gasteiger partial charge in [0.15, 0.2) is 4.90 Å². The maximum atomic E-state index is 11.6. The Labute approximate surface area is 131 Å². The predicted molar refractivity (Wildman–Crippen MR) is 87.9 cm³/mol. The monoisotopic (exact) mass is 310 g/mol. The summed E-state index contributed by atoms with van der Waals surface area (Å²) in [5.74, 6) is 0.389. The van der Waals surface area contributed by atoms with Gasteiger partial charge in [0, 0.05) is 11.1 Å². The first-order chi connectivity index (χ1) is 10.6. The van der Waals surface area contributed by atoms with Gasteiger partial charge in [-0.15, -0.1) is 5.14 Å². The molecule has 1 atom stereocenters. The van der Waals surface area contributed by atoms with Crippen molar-refractivity contribution in [3.05, 3.63) is 60.9 Å². The molecule has 2 aromatic carbocycles. The fraction of sp³-hybridized carbons (Fsp3) is 0. The zero-order chi connectivity index (χ0) is 15.5. The Morgan fingerprint density at radius 2 is 1.55 bits per heavy atom. The van der Waals surface area contributed by atoms with Crippen molar-refractivity contribution >= 4 is 17.2 Å². The van der Waals surface area contributed by atoms with Crippen LogP contribution in [0.1, 0.15) is 0 Å². The van der Waals surface area contributed by atoms with E-state index in [9.17, 15) is 4.55 Å². The van der Waals surface area contributed by atoms with E-state index in [0.717, 1.165) is 22.4 Å². The van der Waals surface area contributed by atoms with E-state index in [0.29, 0.717) is 10.7 Å². The number of anilines is 1. The van der Waals surface area contributed by atoms with Crippen LogP contribution in [0.3, 0.4) is 0 Å². The second-order valence-corrected chi connectivity index (χ2v) is 5.73. The summed E-state index contributed by atoms with van der Waals surface area (Å²) in [4.78, 5) is 8.89. The fourth-order valence-electron chi connectivity index (χ4n) is 2.19. The summed E-state index contributed by atoms with van der Waals surface area (Å²) >= 11 is -1.52. The van der Waals surface area contributed by atoms with E-state index in [1.165, 1.54) is 6.20 Å². The molecule has 110 valence electrons. The Bertz CT molecular complexity index is 773. The average molecular weight is 310 g/mol. The van der Waals surface area contributed by atoms with Crippen LogP contribution in [0.5, 0.6) is 0 Å². The van der Waals surface area contributed by atoms with Crippen molar-refractivity contribution in [2.24, 2.45) is 5.14 Å². The molecule has 3 rings (SSSR count). The highest BCUT2D eigenvalue weighted by molar-refractivity contribution is 7.89. The molecule has 0 bridgehead atoms. The van der Waals surface area contributed by atoms with Gasteiger partial charge in [-0.05, 0) is 17.7 Å². The fourth-order valence-corrected chi connectivity index (χ4v) is 2.80. The summed E-state index contributed by atoms with van der Waals surface area (Å²) in [6.45, 7) is 0. The lowest BCUT2D eigenvalue weighted by Crippen LogP contribution is -2.13. The molecule has 1 unspecified atom stereocenters. The molecule has 0 amide bonds. The number of nitrogens with two attached hydrogens (primary N) is 2. The van der Waals surface area contributed by atoms with Crippen LogP contribution in [0.15, 0.2) is 65.8 Å². The molecule has 4 N–H and O–H groups in total. The predicted octanol–water partition coefficient (Wildman–Crippen LogP) is 2.37. The summed E-state index contributed by atoms with van der Waals surface area (Å²) in [6, 6.07) is 15.1. The van der Waals surface area contributed by atoms with Gasteiger partial charge in [0.05, 0.1) is 29.4 Å². The van der Waals surface area contributed by atoms with Crippen molar-refractivity contribution in [1.82, 2.24) is 9.97 Å². The maximum Gasteiger partial charge on any atom is 0.181 e.